The highest BCUT2D eigenvalue weighted by molar-refractivity contribution is 5.86. The van der Waals surface area contributed by atoms with E-state index < -0.39 is 0 Å². The summed E-state index contributed by atoms with van der Waals surface area (Å²) in [6, 6.07) is 1.44. The third-order valence-corrected chi connectivity index (χ3v) is 8.42. The zero-order chi connectivity index (χ0) is 25.6. The molecule has 10 nitrogen and oxygen atoms in total. The van der Waals surface area contributed by atoms with Gasteiger partial charge in [-0.25, -0.2) is 9.78 Å². The van der Waals surface area contributed by atoms with Gasteiger partial charge in [-0.1, -0.05) is 32.6 Å². The molecule has 0 bridgehead atoms. The first-order chi connectivity index (χ1) is 18.1. The lowest BCUT2D eigenvalue weighted by Gasteiger charge is -2.32. The molecule has 12 heteroatoms. The van der Waals surface area contributed by atoms with E-state index in [1.54, 1.807) is 0 Å². The van der Waals surface area contributed by atoms with Crippen molar-refractivity contribution in [1.29, 1.82) is 0 Å². The van der Waals surface area contributed by atoms with Crippen molar-refractivity contribution in [2.24, 2.45) is 5.73 Å². The van der Waals surface area contributed by atoms with Crippen LogP contribution in [0, 0.1) is 0 Å². The maximum atomic E-state index is 12.5. The minimum atomic E-state index is 0. The number of hydrogen-bond acceptors (Lipinski definition) is 7. The van der Waals surface area contributed by atoms with Gasteiger partial charge in [0.05, 0.1) is 6.33 Å². The molecule has 0 radical (unpaired) electrons. The number of urea groups is 1. The van der Waals surface area contributed by atoms with Crippen molar-refractivity contribution >= 4 is 53.8 Å². The van der Waals surface area contributed by atoms with Gasteiger partial charge in [-0.3, -0.25) is 0 Å². The normalized spacial score (nSPS) is 22.3. The van der Waals surface area contributed by atoms with E-state index in [-0.39, 0.29) is 36.9 Å². The number of carbonyl (C=O) groups is 1. The lowest BCUT2D eigenvalue weighted by atomic mass is 9.92. The Kier molecular flexibility index (Phi) is 12.2. The molecule has 0 unspecified atom stereocenters. The molecule has 39 heavy (non-hydrogen) atoms. The average molecular weight is 585 g/mol. The van der Waals surface area contributed by atoms with E-state index in [4.69, 9.17) is 20.7 Å². The molecule has 2 aromatic heterocycles. The van der Waals surface area contributed by atoms with Crippen molar-refractivity contribution in [3.05, 3.63) is 6.33 Å². The maximum absolute atomic E-state index is 12.5. The highest BCUT2D eigenvalue weighted by atomic mass is 35.5. The standard InChI is InChI=1S/C27H45N9O.2ClH/c1-2-3-6-15-29-27(37)35-16-13-21(14-17-35)31-24-23-25(36(18-30-23)22-7-4-5-8-22)34-26(33-24)32-20-11-9-19(28)10-12-20;;/h18-22H,2-17,28H2,1H3,(H,29,37)(H2,31,32,33,34);2*1H. The molecular weight excluding hydrogens is 537 g/mol. The number of rotatable bonds is 9. The average Bonchev–Trinajstić information content (AvgIpc) is 3.59. The summed E-state index contributed by atoms with van der Waals surface area (Å²) in [5.74, 6) is 1.48. The Morgan fingerprint density at radius 3 is 2.33 bits per heavy atom. The van der Waals surface area contributed by atoms with E-state index in [9.17, 15) is 4.79 Å². The van der Waals surface area contributed by atoms with E-state index in [0.717, 1.165) is 94.4 Å². The molecule has 0 aromatic carbocycles. The Labute approximate surface area is 244 Å². The van der Waals surface area contributed by atoms with Crippen LogP contribution in [0.3, 0.4) is 0 Å². The Bertz CT molecular complexity index is 1030. The monoisotopic (exact) mass is 583 g/mol. The van der Waals surface area contributed by atoms with Crippen molar-refractivity contribution in [2.75, 3.05) is 30.3 Å². The molecular formula is C27H47Cl2N9O. The summed E-state index contributed by atoms with van der Waals surface area (Å²) in [7, 11) is 0. The topological polar surface area (TPSA) is 126 Å². The molecule has 1 aliphatic heterocycles. The number of carbonyl (C=O) groups excluding carboxylic acids is 1. The van der Waals surface area contributed by atoms with Gasteiger partial charge < -0.3 is 31.2 Å². The number of nitrogens with two attached hydrogens (primary N) is 1. The van der Waals surface area contributed by atoms with E-state index in [1.165, 1.54) is 25.7 Å². The number of hydrogen-bond donors (Lipinski definition) is 4. The van der Waals surface area contributed by atoms with Gasteiger partial charge in [0.2, 0.25) is 5.95 Å². The van der Waals surface area contributed by atoms with E-state index in [1.807, 2.05) is 11.2 Å². The molecule has 2 amide bonds. The molecule has 0 atom stereocenters. The largest absolute Gasteiger partial charge is 0.365 e. The van der Waals surface area contributed by atoms with Crippen LogP contribution in [-0.2, 0) is 0 Å². The van der Waals surface area contributed by atoms with Gasteiger partial charge in [0.15, 0.2) is 17.0 Å². The third-order valence-electron chi connectivity index (χ3n) is 8.42. The molecule has 3 aliphatic rings. The molecule has 3 heterocycles. The van der Waals surface area contributed by atoms with Crippen LogP contribution in [0.4, 0.5) is 16.6 Å². The number of aromatic nitrogens is 4. The molecule has 2 aromatic rings. The fourth-order valence-corrected chi connectivity index (χ4v) is 6.08. The lowest BCUT2D eigenvalue weighted by molar-refractivity contribution is 0.183. The maximum Gasteiger partial charge on any atom is 0.317 e. The number of likely N-dealkylation sites (tertiary alicyclic amines) is 1. The van der Waals surface area contributed by atoms with Gasteiger partial charge in [0, 0.05) is 43.8 Å². The number of nitrogens with zero attached hydrogens (tertiary/aromatic N) is 5. The van der Waals surface area contributed by atoms with Gasteiger partial charge in [-0.2, -0.15) is 9.97 Å². The number of amides is 2. The quantitative estimate of drug-likeness (QED) is 0.297. The number of nitrogens with one attached hydrogen (secondary N) is 3. The summed E-state index contributed by atoms with van der Waals surface area (Å²) in [4.78, 5) is 29.1. The fraction of sp³-hybridized carbons (Fsp3) is 0.778. The number of piperidine rings is 1. The number of anilines is 2. The van der Waals surface area contributed by atoms with Crippen LogP contribution in [0.25, 0.3) is 11.2 Å². The number of unbranched alkanes of at least 4 members (excludes halogenated alkanes) is 2. The van der Waals surface area contributed by atoms with Crippen LogP contribution >= 0.6 is 24.8 Å². The predicted octanol–water partition coefficient (Wildman–Crippen LogP) is 5.24. The van der Waals surface area contributed by atoms with Gasteiger partial charge in [0.1, 0.15) is 0 Å². The molecule has 220 valence electrons. The van der Waals surface area contributed by atoms with Crippen LogP contribution in [0.5, 0.6) is 0 Å². The lowest BCUT2D eigenvalue weighted by Crippen LogP contribution is -2.47. The van der Waals surface area contributed by atoms with Gasteiger partial charge in [-0.05, 0) is 57.8 Å². The minimum absolute atomic E-state index is 0. The van der Waals surface area contributed by atoms with E-state index >= 15 is 0 Å². The smallest absolute Gasteiger partial charge is 0.317 e. The Morgan fingerprint density at radius 1 is 0.949 bits per heavy atom. The van der Waals surface area contributed by atoms with Crippen molar-refractivity contribution in [3.63, 3.8) is 0 Å². The zero-order valence-corrected chi connectivity index (χ0v) is 24.9. The minimum Gasteiger partial charge on any atom is -0.365 e. The highest BCUT2D eigenvalue weighted by Crippen LogP contribution is 2.34. The summed E-state index contributed by atoms with van der Waals surface area (Å²) in [5.41, 5.74) is 7.89. The first-order valence-corrected chi connectivity index (χ1v) is 14.7. The number of halogens is 2. The molecule has 0 spiro atoms. The molecule has 5 rings (SSSR count). The van der Waals surface area contributed by atoms with Gasteiger partial charge >= 0.3 is 6.03 Å². The van der Waals surface area contributed by atoms with Crippen molar-refractivity contribution in [1.82, 2.24) is 29.7 Å². The highest BCUT2D eigenvalue weighted by Gasteiger charge is 2.27. The third kappa shape index (κ3) is 8.01. The van der Waals surface area contributed by atoms with Crippen LogP contribution in [0.1, 0.15) is 96.4 Å². The summed E-state index contributed by atoms with van der Waals surface area (Å²) in [6.07, 6.45) is 16.1. The molecule has 2 aliphatic carbocycles. The summed E-state index contributed by atoms with van der Waals surface area (Å²) < 4.78 is 2.27. The predicted molar refractivity (Wildman–Crippen MR) is 162 cm³/mol. The molecule has 5 N–H and O–H groups in total. The van der Waals surface area contributed by atoms with Crippen LogP contribution in [0.2, 0.25) is 0 Å². The van der Waals surface area contributed by atoms with Crippen molar-refractivity contribution in [3.8, 4) is 0 Å². The fourth-order valence-electron chi connectivity index (χ4n) is 6.08. The molecule has 2 saturated carbocycles. The molecule has 1 saturated heterocycles. The van der Waals surface area contributed by atoms with Crippen LogP contribution in [0.15, 0.2) is 6.33 Å². The zero-order valence-electron chi connectivity index (χ0n) is 23.2. The number of imidazole rings is 1. The summed E-state index contributed by atoms with van der Waals surface area (Å²) in [6.45, 7) is 4.43. The second kappa shape index (κ2) is 15.1. The van der Waals surface area contributed by atoms with Crippen molar-refractivity contribution < 1.29 is 4.79 Å². The first kappa shape index (κ1) is 31.5. The van der Waals surface area contributed by atoms with Gasteiger partial charge in [-0.15, -0.1) is 24.8 Å². The summed E-state index contributed by atoms with van der Waals surface area (Å²) in [5, 5.41) is 10.4. The van der Waals surface area contributed by atoms with Gasteiger partial charge in [0.25, 0.3) is 0 Å². The van der Waals surface area contributed by atoms with Crippen LogP contribution < -0.4 is 21.7 Å². The molecule has 3 fully saturated rings. The Hall–Kier alpha value is -2.04. The second-order valence-electron chi connectivity index (χ2n) is 11.3. The second-order valence-corrected chi connectivity index (χ2v) is 11.3. The SMILES string of the molecule is CCCCCNC(=O)N1CCC(Nc2nc(NC3CCC(N)CC3)nc3c2ncn3C2CCCC2)CC1.Cl.Cl. The van der Waals surface area contributed by atoms with E-state index in [0.29, 0.717) is 24.1 Å². The Morgan fingerprint density at radius 2 is 1.64 bits per heavy atom. The van der Waals surface area contributed by atoms with Crippen molar-refractivity contribution in [2.45, 2.75) is 115 Å². The van der Waals surface area contributed by atoms with E-state index in [2.05, 4.69) is 27.4 Å². The number of fused-ring (bicyclic) bond motifs is 1. The Balaban J connectivity index is 0.00000210. The van der Waals surface area contributed by atoms with Crippen LogP contribution in [-0.4, -0.2) is 68.2 Å². The summed E-state index contributed by atoms with van der Waals surface area (Å²) >= 11 is 0. The first-order valence-electron chi connectivity index (χ1n) is 14.7.